The molecule has 4 saturated carbocycles. The molecule has 0 aliphatic heterocycles. The monoisotopic (exact) mass is 464 g/mol. The van der Waals surface area contributed by atoms with Crippen molar-refractivity contribution in [3.8, 4) is 0 Å². The maximum absolute atomic E-state index is 11.3. The zero-order valence-corrected chi connectivity index (χ0v) is 23.2. The van der Waals surface area contributed by atoms with Crippen molar-refractivity contribution in [1.29, 1.82) is 0 Å². The Morgan fingerprint density at radius 2 is 1.38 bits per heavy atom. The lowest BCUT2D eigenvalue weighted by Crippen LogP contribution is -2.60. The first-order valence-corrected chi connectivity index (χ1v) is 16.1. The fraction of sp³-hybridized carbons (Fsp3) is 1.00. The molecule has 0 saturated heterocycles. The van der Waals surface area contributed by atoms with Crippen molar-refractivity contribution in [1.82, 2.24) is 0 Å². The molecular formula is C28H52O3Si. The van der Waals surface area contributed by atoms with Crippen LogP contribution < -0.4 is 0 Å². The van der Waals surface area contributed by atoms with Gasteiger partial charge in [-0.05, 0) is 97.1 Å². The summed E-state index contributed by atoms with van der Waals surface area (Å²) in [7, 11) is -1.84. The van der Waals surface area contributed by atoms with Gasteiger partial charge < -0.3 is 14.6 Å². The van der Waals surface area contributed by atoms with Crippen molar-refractivity contribution in [2.45, 2.75) is 142 Å². The van der Waals surface area contributed by atoms with Crippen LogP contribution in [0.1, 0.15) is 107 Å². The number of hydrogen-bond donors (Lipinski definition) is 2. The Morgan fingerprint density at radius 3 is 1.97 bits per heavy atom. The normalized spacial score (nSPS) is 47.0. The summed E-state index contributed by atoms with van der Waals surface area (Å²) in [6, 6.07) is 0. The molecule has 186 valence electrons. The summed E-state index contributed by atoms with van der Waals surface area (Å²) >= 11 is 0. The number of rotatable bonds is 5. The molecule has 4 rings (SSSR count). The van der Waals surface area contributed by atoms with Crippen molar-refractivity contribution < 1.29 is 14.6 Å². The third-order valence-electron chi connectivity index (χ3n) is 11.8. The van der Waals surface area contributed by atoms with E-state index in [1.807, 2.05) is 0 Å². The van der Waals surface area contributed by atoms with E-state index in [9.17, 15) is 10.2 Å². The molecule has 0 aromatic heterocycles. The zero-order chi connectivity index (χ0) is 23.6. The van der Waals surface area contributed by atoms with E-state index in [4.69, 9.17) is 4.43 Å². The van der Waals surface area contributed by atoms with Crippen LogP contribution in [-0.4, -0.2) is 36.8 Å². The Labute approximate surface area is 199 Å². The Balaban J connectivity index is 1.53. The highest BCUT2D eigenvalue weighted by atomic mass is 28.4. The summed E-state index contributed by atoms with van der Waals surface area (Å²) in [5, 5.41) is 22.0. The minimum atomic E-state index is -1.84. The van der Waals surface area contributed by atoms with Crippen molar-refractivity contribution in [2.24, 2.45) is 34.5 Å². The summed E-state index contributed by atoms with van der Waals surface area (Å²) in [6.45, 7) is 19.2. The summed E-state index contributed by atoms with van der Waals surface area (Å²) in [4.78, 5) is 0. The van der Waals surface area contributed by atoms with E-state index in [1.165, 1.54) is 32.1 Å². The Hall–Kier alpha value is 0.0969. The maximum atomic E-state index is 11.3. The van der Waals surface area contributed by atoms with E-state index in [1.54, 1.807) is 0 Å². The maximum Gasteiger partial charge on any atom is 0.200 e. The van der Waals surface area contributed by atoms with Crippen LogP contribution in [-0.2, 0) is 4.43 Å². The van der Waals surface area contributed by atoms with Crippen LogP contribution in [0.4, 0.5) is 0 Å². The summed E-state index contributed by atoms with van der Waals surface area (Å²) in [6.07, 6.45) is 8.91. The molecule has 0 aromatic rings. The lowest BCUT2D eigenvalue weighted by atomic mass is 9.44. The number of aliphatic hydroxyl groups excluding tert-OH is 2. The average Bonchev–Trinajstić information content (AvgIpc) is 3.02. The van der Waals surface area contributed by atoms with Gasteiger partial charge in [0.15, 0.2) is 0 Å². The minimum Gasteiger partial charge on any atom is -0.413 e. The first-order valence-electron chi connectivity index (χ1n) is 13.9. The molecule has 0 bridgehead atoms. The first-order chi connectivity index (χ1) is 14.9. The molecule has 3 nitrogen and oxygen atoms in total. The van der Waals surface area contributed by atoms with E-state index >= 15 is 0 Å². The average molecular weight is 465 g/mol. The van der Waals surface area contributed by atoms with Crippen molar-refractivity contribution in [3.63, 3.8) is 0 Å². The third-order valence-corrected chi connectivity index (χ3v) is 17.9. The second-order valence-corrected chi connectivity index (χ2v) is 19.1. The van der Waals surface area contributed by atoms with Crippen LogP contribution >= 0.6 is 0 Å². The fourth-order valence-electron chi connectivity index (χ4n) is 9.98. The number of fused-ring (bicyclic) bond motifs is 5. The Morgan fingerprint density at radius 1 is 0.750 bits per heavy atom. The predicted molar refractivity (Wildman–Crippen MR) is 135 cm³/mol. The molecule has 0 aromatic carbocycles. The van der Waals surface area contributed by atoms with Gasteiger partial charge in [-0.3, -0.25) is 0 Å². The molecular weight excluding hydrogens is 412 g/mol. The van der Waals surface area contributed by atoms with Crippen molar-refractivity contribution in [3.05, 3.63) is 0 Å². The van der Waals surface area contributed by atoms with Gasteiger partial charge in [0.05, 0.1) is 12.2 Å². The van der Waals surface area contributed by atoms with Gasteiger partial charge in [-0.15, -0.1) is 0 Å². The van der Waals surface area contributed by atoms with Gasteiger partial charge in [-0.1, -0.05) is 55.4 Å². The minimum absolute atomic E-state index is 0.276. The molecule has 4 aliphatic rings. The van der Waals surface area contributed by atoms with Crippen molar-refractivity contribution >= 4 is 8.32 Å². The largest absolute Gasteiger partial charge is 0.413 e. The Bertz CT molecular complexity index is 656. The van der Waals surface area contributed by atoms with E-state index in [0.717, 1.165) is 25.2 Å². The molecule has 0 radical (unpaired) electrons. The van der Waals surface area contributed by atoms with Gasteiger partial charge in [-0.25, -0.2) is 0 Å². The molecule has 0 spiro atoms. The highest BCUT2D eigenvalue weighted by Gasteiger charge is 2.63. The fourth-order valence-corrected chi connectivity index (χ4v) is 15.6. The molecule has 4 heteroatoms. The summed E-state index contributed by atoms with van der Waals surface area (Å²) in [5.74, 6) is 2.53. The van der Waals surface area contributed by atoms with Gasteiger partial charge >= 0.3 is 0 Å². The topological polar surface area (TPSA) is 49.7 Å². The van der Waals surface area contributed by atoms with Gasteiger partial charge in [0.25, 0.3) is 0 Å². The molecule has 0 heterocycles. The first kappa shape index (κ1) is 25.2. The predicted octanol–water partition coefficient (Wildman–Crippen LogP) is 6.92. The van der Waals surface area contributed by atoms with Gasteiger partial charge in [0.1, 0.15) is 0 Å². The van der Waals surface area contributed by atoms with Crippen LogP contribution in [0.15, 0.2) is 0 Å². The molecule has 2 N–H and O–H groups in total. The van der Waals surface area contributed by atoms with Gasteiger partial charge in [0, 0.05) is 11.5 Å². The van der Waals surface area contributed by atoms with E-state index in [-0.39, 0.29) is 17.6 Å². The van der Waals surface area contributed by atoms with Gasteiger partial charge in [0.2, 0.25) is 8.32 Å². The van der Waals surface area contributed by atoms with E-state index < -0.39 is 8.32 Å². The van der Waals surface area contributed by atoms with E-state index in [0.29, 0.717) is 45.9 Å². The smallest absolute Gasteiger partial charge is 0.200 e. The summed E-state index contributed by atoms with van der Waals surface area (Å²) in [5.41, 5.74) is 1.99. The molecule has 4 aliphatic carbocycles. The second kappa shape index (κ2) is 8.64. The highest BCUT2D eigenvalue weighted by Crippen LogP contribution is 2.66. The van der Waals surface area contributed by atoms with Crippen LogP contribution in [0.5, 0.6) is 0 Å². The van der Waals surface area contributed by atoms with Crippen LogP contribution in [0.25, 0.3) is 0 Å². The van der Waals surface area contributed by atoms with E-state index in [2.05, 4.69) is 55.4 Å². The van der Waals surface area contributed by atoms with Crippen molar-refractivity contribution in [2.75, 3.05) is 0 Å². The molecule has 0 amide bonds. The standard InChI is InChI=1S/C28H52O3Si/c1-17(2)32(18(3)4,19(5)6)31-21-13-14-27(7)20(15-21)9-10-22-23-11-12-25(29)28(23,8)26(30)16-24(22)27/h17-26,29-30H,9-16H2,1-8H3/t20-,21-,22-,23-,24-,25-,26+,27-,28-/m0/s1. The van der Waals surface area contributed by atoms with Crippen LogP contribution in [0, 0.1) is 34.5 Å². The highest BCUT2D eigenvalue weighted by molar-refractivity contribution is 6.77. The molecule has 4 fully saturated rings. The molecule has 0 unspecified atom stereocenters. The number of hydrogen-bond acceptors (Lipinski definition) is 3. The lowest BCUT2D eigenvalue weighted by molar-refractivity contribution is -0.179. The second-order valence-electron chi connectivity index (χ2n) is 13.7. The van der Waals surface area contributed by atoms with Gasteiger partial charge in [-0.2, -0.15) is 0 Å². The summed E-state index contributed by atoms with van der Waals surface area (Å²) < 4.78 is 7.27. The quantitative estimate of drug-likeness (QED) is 0.434. The van der Waals surface area contributed by atoms with Crippen LogP contribution in [0.2, 0.25) is 16.6 Å². The SMILES string of the molecule is CC(C)[Si](O[C@H]1CC[C@@]2(C)[C@@H](CC[C@@H]3[C@@H]2C[C@@H](O)[C@]2(C)[C@@H](O)CC[C@@H]32)C1)(C(C)C)C(C)C. The molecule has 9 atom stereocenters. The third kappa shape index (κ3) is 3.52. The Kier molecular flexibility index (Phi) is 6.80. The zero-order valence-electron chi connectivity index (χ0n) is 22.2. The number of aliphatic hydroxyl groups is 2. The van der Waals surface area contributed by atoms with Crippen LogP contribution in [0.3, 0.4) is 0 Å². The lowest BCUT2D eigenvalue weighted by Gasteiger charge is -2.62. The molecule has 32 heavy (non-hydrogen) atoms.